The molecule has 51 valence electrons. The molecule has 0 spiro atoms. The summed E-state index contributed by atoms with van der Waals surface area (Å²) in [7, 11) is 0. The zero-order chi connectivity index (χ0) is 7.28. The SMILES string of the molecule is CC#CCC(F)[C](F)F. The van der Waals surface area contributed by atoms with Crippen molar-refractivity contribution in [1.29, 1.82) is 0 Å². The highest BCUT2D eigenvalue weighted by atomic mass is 19.3. The van der Waals surface area contributed by atoms with E-state index in [0.29, 0.717) is 0 Å². The zero-order valence-electron chi connectivity index (χ0n) is 4.92. The van der Waals surface area contributed by atoms with Crippen molar-refractivity contribution in [1.82, 2.24) is 0 Å². The topological polar surface area (TPSA) is 0 Å². The molecule has 1 radical (unpaired) electrons. The Morgan fingerprint density at radius 1 is 1.56 bits per heavy atom. The Hall–Kier alpha value is -0.650. The first-order chi connectivity index (χ1) is 4.18. The average molecular weight is 135 g/mol. The van der Waals surface area contributed by atoms with Crippen LogP contribution in [0.15, 0.2) is 0 Å². The summed E-state index contributed by atoms with van der Waals surface area (Å²) in [5.74, 6) is 4.52. The fraction of sp³-hybridized carbons (Fsp3) is 0.500. The van der Waals surface area contributed by atoms with Crippen LogP contribution in [-0.4, -0.2) is 6.17 Å². The molecule has 0 saturated carbocycles. The van der Waals surface area contributed by atoms with Crippen molar-refractivity contribution in [2.75, 3.05) is 0 Å². The van der Waals surface area contributed by atoms with Gasteiger partial charge in [-0.1, -0.05) is 0 Å². The van der Waals surface area contributed by atoms with Crippen LogP contribution < -0.4 is 0 Å². The Kier molecular flexibility index (Phi) is 3.94. The number of hydrogen-bond acceptors (Lipinski definition) is 0. The third-order valence-corrected chi connectivity index (χ3v) is 0.695. The van der Waals surface area contributed by atoms with Gasteiger partial charge in [0.15, 0.2) is 6.17 Å². The monoisotopic (exact) mass is 135 g/mol. The lowest BCUT2D eigenvalue weighted by Crippen LogP contribution is -2.02. The lowest BCUT2D eigenvalue weighted by molar-refractivity contribution is 0.162. The van der Waals surface area contributed by atoms with Crippen LogP contribution in [0.3, 0.4) is 0 Å². The van der Waals surface area contributed by atoms with Gasteiger partial charge in [-0.3, -0.25) is 0 Å². The summed E-state index contributed by atoms with van der Waals surface area (Å²) in [6, 6.07) is 0. The molecule has 0 saturated heterocycles. The van der Waals surface area contributed by atoms with Crippen molar-refractivity contribution in [3.05, 3.63) is 6.43 Å². The molecule has 1 atom stereocenters. The summed E-state index contributed by atoms with van der Waals surface area (Å²) in [5.41, 5.74) is 0. The molecule has 0 fully saturated rings. The van der Waals surface area contributed by atoms with E-state index < -0.39 is 19.0 Å². The molecule has 0 rings (SSSR count). The molecule has 0 aromatic rings. The third kappa shape index (κ3) is 3.89. The van der Waals surface area contributed by atoms with Crippen LogP contribution >= 0.6 is 0 Å². The Bertz CT molecular complexity index is 120. The van der Waals surface area contributed by atoms with Gasteiger partial charge in [0.25, 0.3) is 0 Å². The molecule has 3 heteroatoms. The van der Waals surface area contributed by atoms with Gasteiger partial charge >= 0.3 is 6.43 Å². The molecular weight excluding hydrogens is 129 g/mol. The highest BCUT2D eigenvalue weighted by Crippen LogP contribution is 2.15. The second-order valence-corrected chi connectivity index (χ2v) is 1.39. The average Bonchev–Trinajstić information content (AvgIpc) is 1.82. The lowest BCUT2D eigenvalue weighted by atomic mass is 10.3. The van der Waals surface area contributed by atoms with E-state index in [9.17, 15) is 13.2 Å². The first-order valence-corrected chi connectivity index (χ1v) is 2.40. The van der Waals surface area contributed by atoms with Gasteiger partial charge in [-0.15, -0.1) is 11.8 Å². The predicted octanol–water partition coefficient (Wildman–Crippen LogP) is 2.17. The van der Waals surface area contributed by atoms with Crippen LogP contribution in [0.2, 0.25) is 0 Å². The molecule has 0 aliphatic carbocycles. The maximum Gasteiger partial charge on any atom is 0.344 e. The van der Waals surface area contributed by atoms with Crippen LogP contribution in [0, 0.1) is 18.3 Å². The van der Waals surface area contributed by atoms with Crippen molar-refractivity contribution < 1.29 is 13.2 Å². The Morgan fingerprint density at radius 2 is 2.11 bits per heavy atom. The highest BCUT2D eigenvalue weighted by molar-refractivity contribution is 4.99. The van der Waals surface area contributed by atoms with Gasteiger partial charge in [0.2, 0.25) is 0 Å². The van der Waals surface area contributed by atoms with Crippen molar-refractivity contribution >= 4 is 0 Å². The number of halogens is 3. The van der Waals surface area contributed by atoms with Crippen LogP contribution in [0.25, 0.3) is 0 Å². The molecule has 0 nitrogen and oxygen atoms in total. The van der Waals surface area contributed by atoms with E-state index in [1.165, 1.54) is 6.92 Å². The molecule has 0 amide bonds. The van der Waals surface area contributed by atoms with Gasteiger partial charge < -0.3 is 0 Å². The third-order valence-electron chi connectivity index (χ3n) is 0.695. The molecular formula is C6H6F3. The summed E-state index contributed by atoms with van der Waals surface area (Å²) < 4.78 is 34.3. The van der Waals surface area contributed by atoms with Crippen LogP contribution in [0.4, 0.5) is 13.2 Å². The fourth-order valence-corrected chi connectivity index (χ4v) is 0.269. The van der Waals surface area contributed by atoms with Gasteiger partial charge in [0.05, 0.1) is 0 Å². The summed E-state index contributed by atoms with van der Waals surface area (Å²) in [6.07, 6.45) is -4.77. The van der Waals surface area contributed by atoms with E-state index in [2.05, 4.69) is 11.8 Å². The highest BCUT2D eigenvalue weighted by Gasteiger charge is 2.19. The number of hydrogen-bond donors (Lipinski definition) is 0. The van der Waals surface area contributed by atoms with Crippen molar-refractivity contribution in [3.8, 4) is 11.8 Å². The molecule has 0 aromatic carbocycles. The number of alkyl halides is 1. The molecule has 0 aromatic heterocycles. The Morgan fingerprint density at radius 3 is 2.44 bits per heavy atom. The summed E-state index contributed by atoms with van der Waals surface area (Å²) in [4.78, 5) is 0. The fourth-order valence-electron chi connectivity index (χ4n) is 0.269. The largest absolute Gasteiger partial charge is 0.344 e. The summed E-state index contributed by atoms with van der Waals surface area (Å²) in [6.45, 7) is 1.48. The molecule has 0 bridgehead atoms. The quantitative estimate of drug-likeness (QED) is 0.509. The lowest BCUT2D eigenvalue weighted by Gasteiger charge is -1.96. The molecule has 0 aliphatic rings. The van der Waals surface area contributed by atoms with Crippen molar-refractivity contribution in [2.24, 2.45) is 0 Å². The minimum absolute atomic E-state index is 0.404. The van der Waals surface area contributed by atoms with Gasteiger partial charge in [-0.25, -0.2) is 4.39 Å². The standard InChI is InChI=1S/C6H6F3/c1-2-3-4-5(7)6(8)9/h5H,4H2,1H3. The molecule has 9 heavy (non-hydrogen) atoms. The second kappa shape index (κ2) is 4.25. The number of rotatable bonds is 2. The van der Waals surface area contributed by atoms with Crippen molar-refractivity contribution in [3.63, 3.8) is 0 Å². The maximum absolute atomic E-state index is 11.8. The van der Waals surface area contributed by atoms with Gasteiger partial charge in [0.1, 0.15) is 0 Å². The predicted molar refractivity (Wildman–Crippen MR) is 28.4 cm³/mol. The summed E-state index contributed by atoms with van der Waals surface area (Å²) in [5, 5.41) is 0. The van der Waals surface area contributed by atoms with Crippen LogP contribution in [0.1, 0.15) is 13.3 Å². The second-order valence-electron chi connectivity index (χ2n) is 1.39. The first kappa shape index (κ1) is 8.35. The van der Waals surface area contributed by atoms with Gasteiger partial charge in [-0.05, 0) is 6.92 Å². The molecule has 0 aliphatic heterocycles. The zero-order valence-corrected chi connectivity index (χ0v) is 4.92. The minimum atomic E-state index is -2.20. The normalized spacial score (nSPS) is 12.6. The molecule has 0 heterocycles. The van der Waals surface area contributed by atoms with Gasteiger partial charge in [-0.2, -0.15) is 8.78 Å². The van der Waals surface area contributed by atoms with Gasteiger partial charge in [0, 0.05) is 6.42 Å². The molecule has 0 N–H and O–H groups in total. The Balaban J connectivity index is 3.46. The van der Waals surface area contributed by atoms with E-state index in [-0.39, 0.29) is 0 Å². The minimum Gasteiger partial charge on any atom is -0.240 e. The first-order valence-electron chi connectivity index (χ1n) is 2.40. The van der Waals surface area contributed by atoms with Crippen LogP contribution in [0.5, 0.6) is 0 Å². The van der Waals surface area contributed by atoms with E-state index in [1.54, 1.807) is 0 Å². The van der Waals surface area contributed by atoms with E-state index in [0.717, 1.165) is 0 Å². The maximum atomic E-state index is 11.8. The Labute approximate surface area is 52.1 Å². The van der Waals surface area contributed by atoms with Crippen molar-refractivity contribution in [2.45, 2.75) is 19.5 Å². The van der Waals surface area contributed by atoms with Crippen LogP contribution in [-0.2, 0) is 0 Å². The summed E-state index contributed by atoms with van der Waals surface area (Å²) >= 11 is 0. The molecule has 1 unspecified atom stereocenters. The van der Waals surface area contributed by atoms with E-state index in [4.69, 9.17) is 0 Å². The van der Waals surface area contributed by atoms with E-state index >= 15 is 0 Å². The van der Waals surface area contributed by atoms with E-state index in [1.807, 2.05) is 0 Å². The smallest absolute Gasteiger partial charge is 0.240 e.